The van der Waals surface area contributed by atoms with Crippen LogP contribution >= 0.6 is 0 Å². The molecule has 1 aromatic rings. The SMILES string of the molecule is Cc1cc(OC(C)C)nc(NCC2(CN)CCCC2)n1. The summed E-state index contributed by atoms with van der Waals surface area (Å²) in [6.07, 6.45) is 5.04. The summed E-state index contributed by atoms with van der Waals surface area (Å²) in [5.74, 6) is 1.27. The van der Waals surface area contributed by atoms with E-state index < -0.39 is 0 Å². The minimum absolute atomic E-state index is 0.113. The predicted octanol–water partition coefficient (Wildman–Crippen LogP) is 2.50. The molecule has 1 heterocycles. The second-order valence-corrected chi connectivity index (χ2v) is 6.10. The smallest absolute Gasteiger partial charge is 0.226 e. The lowest BCUT2D eigenvalue weighted by atomic mass is 9.86. The molecule has 112 valence electrons. The van der Waals surface area contributed by atoms with Crippen molar-refractivity contribution < 1.29 is 4.74 Å². The normalized spacial score (nSPS) is 17.4. The minimum Gasteiger partial charge on any atom is -0.475 e. The van der Waals surface area contributed by atoms with E-state index >= 15 is 0 Å². The topological polar surface area (TPSA) is 73.1 Å². The maximum Gasteiger partial charge on any atom is 0.226 e. The van der Waals surface area contributed by atoms with E-state index in [0.29, 0.717) is 11.8 Å². The molecule has 1 aliphatic rings. The fraction of sp³-hybridized carbons (Fsp3) is 0.733. The summed E-state index contributed by atoms with van der Waals surface area (Å²) >= 11 is 0. The first kappa shape index (κ1) is 15.0. The van der Waals surface area contributed by atoms with Crippen LogP contribution in [0.1, 0.15) is 45.2 Å². The fourth-order valence-corrected chi connectivity index (χ4v) is 2.77. The number of nitrogens with two attached hydrogens (primary N) is 1. The highest BCUT2D eigenvalue weighted by Crippen LogP contribution is 2.37. The molecule has 0 atom stereocenters. The largest absolute Gasteiger partial charge is 0.475 e. The van der Waals surface area contributed by atoms with Gasteiger partial charge in [-0.2, -0.15) is 4.98 Å². The van der Waals surface area contributed by atoms with Crippen LogP contribution in [0.2, 0.25) is 0 Å². The van der Waals surface area contributed by atoms with Crippen molar-refractivity contribution >= 4 is 5.95 Å². The van der Waals surface area contributed by atoms with Gasteiger partial charge in [0, 0.05) is 18.3 Å². The van der Waals surface area contributed by atoms with Gasteiger partial charge >= 0.3 is 0 Å². The van der Waals surface area contributed by atoms with E-state index in [4.69, 9.17) is 10.5 Å². The Morgan fingerprint density at radius 3 is 2.65 bits per heavy atom. The highest BCUT2D eigenvalue weighted by molar-refractivity contribution is 5.31. The first-order chi connectivity index (χ1) is 9.53. The monoisotopic (exact) mass is 278 g/mol. The second-order valence-electron chi connectivity index (χ2n) is 6.10. The molecule has 20 heavy (non-hydrogen) atoms. The highest BCUT2D eigenvalue weighted by atomic mass is 16.5. The number of rotatable bonds is 6. The van der Waals surface area contributed by atoms with Crippen LogP contribution in [0.5, 0.6) is 5.88 Å². The number of aryl methyl sites for hydroxylation is 1. The van der Waals surface area contributed by atoms with Crippen LogP contribution in [0.3, 0.4) is 0 Å². The molecule has 1 fully saturated rings. The van der Waals surface area contributed by atoms with Crippen molar-refractivity contribution in [3.8, 4) is 5.88 Å². The molecule has 0 aliphatic heterocycles. The molecular weight excluding hydrogens is 252 g/mol. The van der Waals surface area contributed by atoms with Gasteiger partial charge < -0.3 is 15.8 Å². The molecule has 3 N–H and O–H groups in total. The van der Waals surface area contributed by atoms with Crippen LogP contribution in [0.4, 0.5) is 5.95 Å². The van der Waals surface area contributed by atoms with Crippen LogP contribution in [0.15, 0.2) is 6.07 Å². The lowest BCUT2D eigenvalue weighted by Gasteiger charge is -2.27. The number of nitrogens with zero attached hydrogens (tertiary/aromatic N) is 2. The highest BCUT2D eigenvalue weighted by Gasteiger charge is 2.32. The van der Waals surface area contributed by atoms with Gasteiger partial charge in [-0.1, -0.05) is 12.8 Å². The van der Waals surface area contributed by atoms with Gasteiger partial charge in [-0.25, -0.2) is 4.98 Å². The molecule has 0 aromatic carbocycles. The summed E-state index contributed by atoms with van der Waals surface area (Å²) in [5.41, 5.74) is 7.08. The zero-order valence-corrected chi connectivity index (χ0v) is 12.8. The molecule has 0 radical (unpaired) electrons. The van der Waals surface area contributed by atoms with Gasteiger partial charge in [-0.3, -0.25) is 0 Å². The zero-order valence-electron chi connectivity index (χ0n) is 12.8. The Kier molecular flexibility index (Phi) is 4.81. The van der Waals surface area contributed by atoms with Crippen molar-refractivity contribution in [3.05, 3.63) is 11.8 Å². The summed E-state index contributed by atoms with van der Waals surface area (Å²) in [4.78, 5) is 8.84. The number of hydrogen-bond donors (Lipinski definition) is 2. The summed E-state index contributed by atoms with van der Waals surface area (Å²) < 4.78 is 5.64. The maximum atomic E-state index is 5.95. The molecule has 1 aliphatic carbocycles. The summed E-state index contributed by atoms with van der Waals surface area (Å²) in [5, 5.41) is 3.35. The van der Waals surface area contributed by atoms with Gasteiger partial charge in [0.1, 0.15) is 0 Å². The summed E-state index contributed by atoms with van der Waals surface area (Å²) in [6.45, 7) is 7.50. The second kappa shape index (κ2) is 6.39. The number of aromatic nitrogens is 2. The fourth-order valence-electron chi connectivity index (χ4n) is 2.77. The van der Waals surface area contributed by atoms with E-state index in [9.17, 15) is 0 Å². The Morgan fingerprint density at radius 1 is 1.35 bits per heavy atom. The zero-order chi connectivity index (χ0) is 14.6. The van der Waals surface area contributed by atoms with Crippen LogP contribution in [-0.4, -0.2) is 29.2 Å². The predicted molar refractivity (Wildman–Crippen MR) is 81.0 cm³/mol. The average Bonchev–Trinajstić information content (AvgIpc) is 2.84. The molecule has 0 unspecified atom stereocenters. The number of nitrogens with one attached hydrogen (secondary N) is 1. The molecule has 0 bridgehead atoms. The van der Waals surface area contributed by atoms with Gasteiger partial charge in [0.05, 0.1) is 6.10 Å². The molecule has 1 saturated carbocycles. The maximum absolute atomic E-state index is 5.95. The van der Waals surface area contributed by atoms with E-state index in [1.165, 1.54) is 25.7 Å². The third kappa shape index (κ3) is 3.82. The molecule has 5 heteroatoms. The number of hydrogen-bond acceptors (Lipinski definition) is 5. The van der Waals surface area contributed by atoms with E-state index in [2.05, 4.69) is 15.3 Å². The van der Waals surface area contributed by atoms with Gasteiger partial charge in [0.15, 0.2) is 0 Å². The quantitative estimate of drug-likeness (QED) is 0.836. The third-order valence-electron chi connectivity index (χ3n) is 3.91. The van der Waals surface area contributed by atoms with Gasteiger partial charge in [-0.15, -0.1) is 0 Å². The van der Waals surface area contributed by atoms with E-state index in [1.807, 2.05) is 26.8 Å². The molecule has 0 saturated heterocycles. The van der Waals surface area contributed by atoms with Crippen LogP contribution in [0, 0.1) is 12.3 Å². The van der Waals surface area contributed by atoms with Gasteiger partial charge in [0.2, 0.25) is 11.8 Å². The molecule has 2 rings (SSSR count). The third-order valence-corrected chi connectivity index (χ3v) is 3.91. The standard InChI is InChI=1S/C15H26N4O/c1-11(2)20-13-8-12(3)18-14(19-13)17-10-15(9-16)6-4-5-7-15/h8,11H,4-7,9-10,16H2,1-3H3,(H,17,18,19). The van der Waals surface area contributed by atoms with Gasteiger partial charge in [0.25, 0.3) is 0 Å². The molecule has 1 aromatic heterocycles. The lowest BCUT2D eigenvalue weighted by Crippen LogP contribution is -2.35. The van der Waals surface area contributed by atoms with E-state index in [0.717, 1.165) is 18.8 Å². The summed E-state index contributed by atoms with van der Waals surface area (Å²) in [7, 11) is 0. The lowest BCUT2D eigenvalue weighted by molar-refractivity contribution is 0.232. The average molecular weight is 278 g/mol. The van der Waals surface area contributed by atoms with Crippen molar-refractivity contribution in [1.29, 1.82) is 0 Å². The Labute approximate surface area is 121 Å². The van der Waals surface area contributed by atoms with E-state index in [1.54, 1.807) is 0 Å². The van der Waals surface area contributed by atoms with Crippen molar-refractivity contribution in [1.82, 2.24) is 9.97 Å². The Morgan fingerprint density at radius 2 is 2.05 bits per heavy atom. The minimum atomic E-state index is 0.113. The van der Waals surface area contributed by atoms with Gasteiger partial charge in [-0.05, 0) is 45.6 Å². The Bertz CT molecular complexity index is 441. The summed E-state index contributed by atoms with van der Waals surface area (Å²) in [6, 6.07) is 1.86. The van der Waals surface area contributed by atoms with Crippen LogP contribution in [0.25, 0.3) is 0 Å². The number of anilines is 1. The Balaban J connectivity index is 2.03. The van der Waals surface area contributed by atoms with E-state index in [-0.39, 0.29) is 11.5 Å². The van der Waals surface area contributed by atoms with Crippen molar-refractivity contribution in [2.45, 2.75) is 52.6 Å². The molecule has 0 spiro atoms. The Hall–Kier alpha value is -1.36. The van der Waals surface area contributed by atoms with Crippen molar-refractivity contribution in [2.24, 2.45) is 11.1 Å². The first-order valence-corrected chi connectivity index (χ1v) is 7.49. The first-order valence-electron chi connectivity index (χ1n) is 7.49. The molecule has 5 nitrogen and oxygen atoms in total. The van der Waals surface area contributed by atoms with Crippen molar-refractivity contribution in [3.63, 3.8) is 0 Å². The molecular formula is C15H26N4O. The van der Waals surface area contributed by atoms with Crippen molar-refractivity contribution in [2.75, 3.05) is 18.4 Å². The number of ether oxygens (including phenoxy) is 1. The van der Waals surface area contributed by atoms with Crippen LogP contribution in [-0.2, 0) is 0 Å². The van der Waals surface area contributed by atoms with Crippen LogP contribution < -0.4 is 15.8 Å². The molecule has 0 amide bonds.